The van der Waals surface area contributed by atoms with Crippen molar-refractivity contribution in [2.75, 3.05) is 13.7 Å². The molecule has 0 fully saturated rings. The quantitative estimate of drug-likeness (QED) is 0.346. The van der Waals surface area contributed by atoms with Crippen molar-refractivity contribution in [3.05, 3.63) is 84.3 Å². The van der Waals surface area contributed by atoms with E-state index in [0.29, 0.717) is 11.8 Å². The topological polar surface area (TPSA) is 77.0 Å². The molecule has 4 nitrogen and oxygen atoms in total. The summed E-state index contributed by atoms with van der Waals surface area (Å²) in [5, 5.41) is 26.0. The van der Waals surface area contributed by atoms with Gasteiger partial charge in [0.1, 0.15) is 12.4 Å². The molecule has 0 heterocycles. The van der Waals surface area contributed by atoms with Gasteiger partial charge in [-0.2, -0.15) is 10.5 Å². The Morgan fingerprint density at radius 2 is 1.38 bits per heavy atom. The van der Waals surface area contributed by atoms with E-state index in [1.807, 2.05) is 18.2 Å². The van der Waals surface area contributed by atoms with Crippen LogP contribution in [0, 0.1) is 37.0 Å². The molecule has 0 amide bonds. The number of nitrogens with zero attached hydrogens (tertiary/aromatic N) is 2. The summed E-state index contributed by atoms with van der Waals surface area (Å²) in [5.41, 5.74) is 4.56. The second-order valence-electron chi connectivity index (χ2n) is 7.75. The summed E-state index contributed by atoms with van der Waals surface area (Å²) in [6, 6.07) is 22.2. The minimum atomic E-state index is -0.375. The van der Waals surface area contributed by atoms with Crippen LogP contribution < -0.4 is 34.3 Å². The predicted octanol–water partition coefficient (Wildman–Crippen LogP) is 4.55. The van der Waals surface area contributed by atoms with E-state index in [1.54, 1.807) is 7.11 Å². The van der Waals surface area contributed by atoms with Crippen LogP contribution in [0.3, 0.4) is 0 Å². The van der Waals surface area contributed by atoms with Crippen LogP contribution in [0.1, 0.15) is 69.2 Å². The molecule has 3 aromatic rings. The van der Waals surface area contributed by atoms with Gasteiger partial charge in [-0.15, -0.1) is 0 Å². The molecule has 0 aromatic heterocycles. The fourth-order valence-corrected chi connectivity index (χ4v) is 3.26. The molecule has 0 radical (unpaired) electrons. The van der Waals surface area contributed by atoms with Crippen molar-refractivity contribution in [3.63, 3.8) is 0 Å². The molecule has 3 rings (SSSR count). The molecule has 0 aliphatic rings. The number of fused-ring (bicyclic) bond motifs is 1. The molecule has 3 aromatic carbocycles. The van der Waals surface area contributed by atoms with E-state index in [2.05, 4.69) is 77.1 Å². The van der Waals surface area contributed by atoms with Gasteiger partial charge in [0, 0.05) is 0 Å². The summed E-state index contributed by atoms with van der Waals surface area (Å²) in [6.45, 7) is 10.4. The molecule has 5 heteroatoms. The fourth-order valence-electron chi connectivity index (χ4n) is 3.26. The smallest absolute Gasteiger partial charge is 0.496 e. The van der Waals surface area contributed by atoms with Crippen LogP contribution in [0.4, 0.5) is 0 Å². The average Bonchev–Trinajstić information content (AvgIpc) is 2.78. The maximum absolute atomic E-state index is 8.64. The molecule has 0 aliphatic carbocycles. The van der Waals surface area contributed by atoms with Crippen LogP contribution in [-0.4, -0.2) is 18.8 Å². The van der Waals surface area contributed by atoms with Gasteiger partial charge in [-0.3, -0.25) is 0 Å². The molecule has 0 saturated carbocycles. The third kappa shape index (κ3) is 11.2. The number of aliphatic hydroxyl groups is 1. The first-order valence-corrected chi connectivity index (χ1v) is 10.3. The maximum atomic E-state index is 8.64. The summed E-state index contributed by atoms with van der Waals surface area (Å²) < 4.78 is 5.41. The van der Waals surface area contributed by atoms with Gasteiger partial charge in [0.15, 0.2) is 0 Å². The molecule has 0 unspecified atom stereocenters. The van der Waals surface area contributed by atoms with Crippen molar-refractivity contribution in [2.24, 2.45) is 0 Å². The Kier molecular flexibility index (Phi) is 20.3. The number of rotatable bonds is 3. The molecule has 0 spiro atoms. The summed E-state index contributed by atoms with van der Waals surface area (Å²) in [7, 11) is 1.73. The number of nitriles is 2. The second-order valence-corrected chi connectivity index (χ2v) is 7.75. The van der Waals surface area contributed by atoms with Crippen molar-refractivity contribution in [1.29, 1.82) is 10.5 Å². The number of hydrogen-bond donors (Lipinski definition) is 1. The van der Waals surface area contributed by atoms with E-state index in [9.17, 15) is 0 Å². The largest absolute Gasteiger partial charge is 1.00 e. The molecular weight excluding hydrogens is 431 g/mol. The zero-order valence-electron chi connectivity index (χ0n) is 21.3. The Labute approximate surface area is 229 Å². The predicted molar refractivity (Wildman–Crippen MR) is 140 cm³/mol. The van der Waals surface area contributed by atoms with Crippen LogP contribution in [-0.2, 0) is 0 Å². The Morgan fingerprint density at radius 3 is 1.76 bits per heavy atom. The van der Waals surface area contributed by atoms with E-state index >= 15 is 0 Å². The third-order valence-electron chi connectivity index (χ3n) is 4.81. The SMILES string of the molecule is C.COc1cc2ccccc2cc1C(C)C.Cc1cc(C#N)ccc1C(C)C.N#CCO.[CH3-].[Na+]. The Bertz CT molecular complexity index is 1060. The zero-order valence-corrected chi connectivity index (χ0v) is 23.3. The van der Waals surface area contributed by atoms with Crippen LogP contribution in [0.25, 0.3) is 10.8 Å². The summed E-state index contributed by atoms with van der Waals surface area (Å²) in [6.07, 6.45) is 0. The summed E-state index contributed by atoms with van der Waals surface area (Å²) in [5.74, 6) is 2.02. The minimum absolute atomic E-state index is 0. The number of benzene rings is 3. The van der Waals surface area contributed by atoms with Crippen molar-refractivity contribution < 1.29 is 39.4 Å². The van der Waals surface area contributed by atoms with Crippen LogP contribution in [0.2, 0.25) is 0 Å². The second kappa shape index (κ2) is 19.0. The molecule has 0 saturated heterocycles. The monoisotopic (exact) mass is 470 g/mol. The number of aliphatic hydroxyl groups excluding tert-OH is 1. The standard InChI is InChI=1S/C14H16O.C11H13N.C2H3NO.CH4.CH3.Na/c1-10(2)13-8-11-6-4-5-7-12(11)9-14(13)15-3;1-8(2)11-5-4-10(7-12)6-9(11)3;3-1-2-4;;;/h4-10H,1-3H3;4-6,8H,1-3H3;4H,2H2;1H4;1H3;/q;;;;-1;+1. The molecule has 0 atom stereocenters. The molecule has 34 heavy (non-hydrogen) atoms. The Balaban J connectivity index is -0.000000461. The van der Waals surface area contributed by atoms with Crippen LogP contribution in [0.15, 0.2) is 54.6 Å². The maximum Gasteiger partial charge on any atom is 1.00 e. The first-order chi connectivity index (χ1) is 14.8. The summed E-state index contributed by atoms with van der Waals surface area (Å²) >= 11 is 0. The molecule has 1 N–H and O–H groups in total. The Morgan fingerprint density at radius 1 is 0.882 bits per heavy atom. The first kappa shape index (κ1) is 36.2. The van der Waals surface area contributed by atoms with Gasteiger partial charge >= 0.3 is 29.6 Å². The van der Waals surface area contributed by atoms with Gasteiger partial charge in [0.2, 0.25) is 0 Å². The molecule has 178 valence electrons. The van der Waals surface area contributed by atoms with E-state index in [-0.39, 0.29) is 51.0 Å². The van der Waals surface area contributed by atoms with Gasteiger partial charge in [0.05, 0.1) is 24.8 Å². The number of hydrogen-bond acceptors (Lipinski definition) is 4. The zero-order chi connectivity index (χ0) is 23.4. The number of methoxy groups -OCH3 is 1. The molecule has 0 aliphatic heterocycles. The van der Waals surface area contributed by atoms with Gasteiger partial charge < -0.3 is 17.3 Å². The molecular formula is C29H39N2NaO2. The van der Waals surface area contributed by atoms with E-state index in [1.165, 1.54) is 33.5 Å². The van der Waals surface area contributed by atoms with E-state index < -0.39 is 0 Å². The van der Waals surface area contributed by atoms with Crippen LogP contribution >= 0.6 is 0 Å². The average molecular weight is 471 g/mol. The van der Waals surface area contributed by atoms with Crippen molar-refractivity contribution in [2.45, 2.75) is 53.9 Å². The van der Waals surface area contributed by atoms with Gasteiger partial charge in [-0.05, 0) is 70.5 Å². The van der Waals surface area contributed by atoms with Crippen molar-refractivity contribution >= 4 is 10.8 Å². The minimum Gasteiger partial charge on any atom is -0.496 e. The van der Waals surface area contributed by atoms with Crippen LogP contribution in [0.5, 0.6) is 5.75 Å². The fraction of sp³-hybridized carbons (Fsp3) is 0.345. The van der Waals surface area contributed by atoms with Gasteiger partial charge in [-0.25, -0.2) is 0 Å². The number of ether oxygens (including phenoxy) is 1. The van der Waals surface area contributed by atoms with E-state index in [4.69, 9.17) is 20.4 Å². The third-order valence-corrected chi connectivity index (χ3v) is 4.81. The summed E-state index contributed by atoms with van der Waals surface area (Å²) in [4.78, 5) is 0. The Hall–Kier alpha value is -2.34. The first-order valence-electron chi connectivity index (χ1n) is 10.3. The van der Waals surface area contributed by atoms with Crippen molar-refractivity contribution in [1.82, 2.24) is 0 Å². The normalized spacial score (nSPS) is 8.91. The number of aryl methyl sites for hydroxylation is 1. The molecule has 0 bridgehead atoms. The van der Waals surface area contributed by atoms with E-state index in [0.717, 1.165) is 11.3 Å². The van der Waals surface area contributed by atoms with Gasteiger partial charge in [0.25, 0.3) is 0 Å². The van der Waals surface area contributed by atoms with Crippen molar-refractivity contribution in [3.8, 4) is 17.9 Å². The van der Waals surface area contributed by atoms with Gasteiger partial charge in [-0.1, -0.05) is 65.5 Å².